The third kappa shape index (κ3) is 5.60. The largest absolute Gasteiger partial charge is 0.506 e. The summed E-state index contributed by atoms with van der Waals surface area (Å²) < 4.78 is 41.9. The van der Waals surface area contributed by atoms with Crippen molar-refractivity contribution in [2.24, 2.45) is 10.7 Å². The highest BCUT2D eigenvalue weighted by molar-refractivity contribution is 5.85. The van der Waals surface area contributed by atoms with E-state index in [9.17, 15) is 23.1 Å². The fourth-order valence-electron chi connectivity index (χ4n) is 1.78. The number of benzene rings is 1. The molecule has 0 aliphatic heterocycles. The molecule has 1 rings (SSSR count). The highest BCUT2D eigenvalue weighted by Crippen LogP contribution is 2.18. The Labute approximate surface area is 125 Å². The van der Waals surface area contributed by atoms with Gasteiger partial charge in [-0.05, 0) is 5.56 Å². The van der Waals surface area contributed by atoms with Crippen molar-refractivity contribution in [3.8, 4) is 0 Å². The molecule has 22 heavy (non-hydrogen) atoms. The second-order valence-electron chi connectivity index (χ2n) is 4.36. The van der Waals surface area contributed by atoms with Gasteiger partial charge in [0.2, 0.25) is 5.96 Å². The fraction of sp³-hybridized carbons (Fsp3) is 0.385. The lowest BCUT2D eigenvalue weighted by Gasteiger charge is -2.29. The van der Waals surface area contributed by atoms with Gasteiger partial charge in [0.15, 0.2) is 6.04 Å². The average molecular weight is 319 g/mol. The summed E-state index contributed by atoms with van der Waals surface area (Å²) in [7, 11) is 1.24. The van der Waals surface area contributed by atoms with Gasteiger partial charge in [-0.3, -0.25) is 0 Å². The molecule has 0 aromatic heterocycles. The van der Waals surface area contributed by atoms with Crippen LogP contribution in [0.3, 0.4) is 0 Å². The molecule has 1 aromatic carbocycles. The number of ether oxygens (including phenoxy) is 1. The fourth-order valence-corrected chi connectivity index (χ4v) is 1.78. The Bertz CT molecular complexity index is 520. The zero-order valence-corrected chi connectivity index (χ0v) is 11.7. The van der Waals surface area contributed by atoms with Crippen molar-refractivity contribution in [2.75, 3.05) is 13.7 Å². The van der Waals surface area contributed by atoms with Crippen LogP contribution >= 0.6 is 0 Å². The van der Waals surface area contributed by atoms with Crippen LogP contribution in [0.2, 0.25) is 0 Å². The van der Waals surface area contributed by atoms with Gasteiger partial charge in [0.05, 0.1) is 6.61 Å². The number of hydrogen-bond donors (Lipinski definition) is 2. The van der Waals surface area contributed by atoms with Crippen molar-refractivity contribution in [1.29, 1.82) is 0 Å². The van der Waals surface area contributed by atoms with Crippen molar-refractivity contribution in [3.05, 3.63) is 35.9 Å². The Hall–Kier alpha value is -2.29. The first-order chi connectivity index (χ1) is 10.2. The molecule has 122 valence electrons. The van der Waals surface area contributed by atoms with Crippen molar-refractivity contribution in [3.63, 3.8) is 0 Å². The van der Waals surface area contributed by atoms with E-state index in [1.165, 1.54) is 7.11 Å². The third-order valence-corrected chi connectivity index (χ3v) is 2.72. The first kappa shape index (κ1) is 17.8. The summed E-state index contributed by atoms with van der Waals surface area (Å²) in [6, 6.07) is 6.97. The van der Waals surface area contributed by atoms with E-state index in [-0.39, 0.29) is 13.2 Å². The van der Waals surface area contributed by atoms with Crippen LogP contribution in [-0.2, 0) is 16.1 Å². The standard InChI is InChI=1S/C13H16F3N3O3/c1-22-8-10(11(20)21)19(12(17)18-13(14,15)16)7-9-5-3-2-4-6-9/h2-6,10H,7-8H2,1H3,(H2,17,18)(H,20,21). The van der Waals surface area contributed by atoms with Crippen LogP contribution < -0.4 is 5.73 Å². The van der Waals surface area contributed by atoms with Gasteiger partial charge < -0.3 is 20.5 Å². The molecular weight excluding hydrogens is 303 g/mol. The Morgan fingerprint density at radius 1 is 1.41 bits per heavy atom. The molecule has 0 spiro atoms. The molecule has 1 atom stereocenters. The molecule has 1 aromatic rings. The zero-order chi connectivity index (χ0) is 16.8. The zero-order valence-electron chi connectivity index (χ0n) is 11.7. The van der Waals surface area contributed by atoms with E-state index in [0.29, 0.717) is 5.56 Å². The summed E-state index contributed by atoms with van der Waals surface area (Å²) >= 11 is 0. The summed E-state index contributed by atoms with van der Waals surface area (Å²) in [6.07, 6.45) is -4.89. The molecule has 0 radical (unpaired) electrons. The van der Waals surface area contributed by atoms with E-state index in [2.05, 4.69) is 4.99 Å². The molecule has 0 amide bonds. The Kier molecular flexibility index (Phi) is 6.17. The highest BCUT2D eigenvalue weighted by atomic mass is 19.4. The quantitative estimate of drug-likeness (QED) is 0.470. The first-order valence-corrected chi connectivity index (χ1v) is 6.19. The van der Waals surface area contributed by atoms with E-state index in [4.69, 9.17) is 10.5 Å². The lowest BCUT2D eigenvalue weighted by atomic mass is 10.2. The predicted octanol–water partition coefficient (Wildman–Crippen LogP) is 1.42. The number of hydrogen-bond acceptors (Lipinski definition) is 3. The molecule has 9 heteroatoms. The topological polar surface area (TPSA) is 88.2 Å². The van der Waals surface area contributed by atoms with E-state index in [1.54, 1.807) is 30.3 Å². The minimum Gasteiger partial charge on any atom is -0.480 e. The van der Waals surface area contributed by atoms with E-state index >= 15 is 0 Å². The van der Waals surface area contributed by atoms with Gasteiger partial charge in [-0.2, -0.15) is 4.99 Å². The van der Waals surface area contributed by atoms with Gasteiger partial charge in [-0.1, -0.05) is 30.3 Å². The summed E-state index contributed by atoms with van der Waals surface area (Å²) in [4.78, 5) is 14.5. The van der Waals surface area contributed by atoms with Crippen LogP contribution in [0.25, 0.3) is 0 Å². The number of carboxylic acids is 1. The first-order valence-electron chi connectivity index (χ1n) is 6.19. The van der Waals surface area contributed by atoms with E-state index < -0.39 is 24.3 Å². The second-order valence-corrected chi connectivity index (χ2v) is 4.36. The maximum atomic E-state index is 12.4. The molecule has 0 aliphatic rings. The number of carboxylic acid groups (broad SMARTS) is 1. The molecule has 0 fully saturated rings. The minimum atomic E-state index is -4.89. The van der Waals surface area contributed by atoms with Crippen LogP contribution in [0, 0.1) is 0 Å². The molecule has 1 unspecified atom stereocenters. The van der Waals surface area contributed by atoms with Gasteiger partial charge in [-0.15, -0.1) is 13.2 Å². The number of aliphatic imine (C=N–C) groups is 1. The minimum absolute atomic E-state index is 0.146. The smallest absolute Gasteiger partial charge is 0.480 e. The molecule has 0 heterocycles. The van der Waals surface area contributed by atoms with Gasteiger partial charge in [0.25, 0.3) is 0 Å². The van der Waals surface area contributed by atoms with Gasteiger partial charge in [0.1, 0.15) is 0 Å². The number of aliphatic carboxylic acids is 1. The number of methoxy groups -OCH3 is 1. The molecule has 0 aliphatic carbocycles. The number of nitrogens with zero attached hydrogens (tertiary/aromatic N) is 2. The summed E-state index contributed by atoms with van der Waals surface area (Å²) in [5.41, 5.74) is 5.95. The second kappa shape index (κ2) is 7.64. The molecular formula is C13H16F3N3O3. The Balaban J connectivity index is 3.13. The van der Waals surface area contributed by atoms with Crippen LogP contribution in [0.4, 0.5) is 13.2 Å². The maximum Gasteiger partial charge on any atom is 0.506 e. The van der Waals surface area contributed by atoms with Crippen molar-refractivity contribution in [2.45, 2.75) is 18.9 Å². The van der Waals surface area contributed by atoms with E-state index in [0.717, 1.165) is 4.90 Å². The van der Waals surface area contributed by atoms with Gasteiger partial charge >= 0.3 is 12.3 Å². The lowest BCUT2D eigenvalue weighted by Crippen LogP contribution is -2.50. The summed E-state index contributed by atoms with van der Waals surface area (Å²) in [5.74, 6) is -2.29. The van der Waals surface area contributed by atoms with Gasteiger partial charge in [-0.25, -0.2) is 4.79 Å². The number of alkyl halides is 3. The van der Waals surface area contributed by atoms with Crippen molar-refractivity contribution < 1.29 is 27.8 Å². The lowest BCUT2D eigenvalue weighted by molar-refractivity contribution is -0.144. The SMILES string of the molecule is COCC(C(=O)O)N(Cc1ccccc1)C(N)=NC(F)(F)F. The van der Waals surface area contributed by atoms with Crippen LogP contribution in [0.15, 0.2) is 35.3 Å². The van der Waals surface area contributed by atoms with Crippen LogP contribution in [0.5, 0.6) is 0 Å². The van der Waals surface area contributed by atoms with Crippen LogP contribution in [-0.4, -0.2) is 48.0 Å². The predicted molar refractivity (Wildman–Crippen MR) is 73.0 cm³/mol. The average Bonchev–Trinajstić information content (AvgIpc) is 2.41. The number of carbonyl (C=O) groups is 1. The molecule has 6 nitrogen and oxygen atoms in total. The number of guanidine groups is 1. The normalized spacial score (nSPS) is 13.7. The summed E-state index contributed by atoms with van der Waals surface area (Å²) in [6.45, 7) is -0.483. The molecule has 0 saturated carbocycles. The Morgan fingerprint density at radius 3 is 2.45 bits per heavy atom. The monoisotopic (exact) mass is 319 g/mol. The van der Waals surface area contributed by atoms with Crippen molar-refractivity contribution in [1.82, 2.24) is 4.90 Å². The number of rotatable bonds is 6. The van der Waals surface area contributed by atoms with Crippen molar-refractivity contribution >= 4 is 11.9 Å². The number of halogens is 3. The van der Waals surface area contributed by atoms with Gasteiger partial charge in [0, 0.05) is 13.7 Å². The third-order valence-electron chi connectivity index (χ3n) is 2.72. The Morgan fingerprint density at radius 2 is 2.00 bits per heavy atom. The molecule has 0 saturated heterocycles. The van der Waals surface area contributed by atoms with E-state index in [1.807, 2.05) is 0 Å². The molecule has 3 N–H and O–H groups in total. The number of nitrogens with two attached hydrogens (primary N) is 1. The highest BCUT2D eigenvalue weighted by Gasteiger charge is 2.32. The summed E-state index contributed by atoms with van der Waals surface area (Å²) in [5, 5.41) is 9.19. The molecule has 0 bridgehead atoms. The maximum absolute atomic E-state index is 12.4. The van der Waals surface area contributed by atoms with Crippen LogP contribution in [0.1, 0.15) is 5.56 Å².